The molecule has 0 radical (unpaired) electrons. The second-order valence-electron chi connectivity index (χ2n) is 4.37. The number of nitrogens with zero attached hydrogens (tertiary/aromatic N) is 1. The summed E-state index contributed by atoms with van der Waals surface area (Å²) in [6.07, 6.45) is -0.0962. The first-order valence-electron chi connectivity index (χ1n) is 6.75. The molecule has 0 aliphatic carbocycles. The topological polar surface area (TPSA) is 76.4 Å². The minimum Gasteiger partial charge on any atom is -0.462 e. The first kappa shape index (κ1) is 17.6. The highest BCUT2D eigenvalue weighted by Gasteiger charge is 2.42. The zero-order valence-electron chi connectivity index (χ0n) is 12.4. The maximum Gasteiger partial charge on any atom is 0.349 e. The van der Waals surface area contributed by atoms with Crippen LogP contribution in [0.15, 0.2) is 29.8 Å². The molecule has 0 heterocycles. The molecule has 0 saturated carbocycles. The summed E-state index contributed by atoms with van der Waals surface area (Å²) in [5, 5.41) is 9.49. The van der Waals surface area contributed by atoms with E-state index in [0.717, 1.165) is 0 Å². The van der Waals surface area contributed by atoms with Gasteiger partial charge in [0.15, 0.2) is 5.57 Å². The molecule has 0 aromatic heterocycles. The van der Waals surface area contributed by atoms with Crippen LogP contribution in [0.25, 0.3) is 0 Å². The molecule has 6 heteroatoms. The Morgan fingerprint density at radius 2 is 1.91 bits per heavy atom. The summed E-state index contributed by atoms with van der Waals surface area (Å²) < 4.78 is 23.1. The van der Waals surface area contributed by atoms with Crippen LogP contribution in [0.3, 0.4) is 0 Å². The van der Waals surface area contributed by atoms with Crippen molar-refractivity contribution in [2.45, 2.75) is 25.9 Å². The normalized spacial score (nSPS) is 12.6. The molecule has 0 aliphatic rings. The number of carbonyl (C=O) groups excluding carboxylic acids is 2. The molecule has 0 amide bonds. The van der Waals surface area contributed by atoms with E-state index in [4.69, 9.17) is 9.47 Å². The average molecular weight is 305 g/mol. The lowest BCUT2D eigenvalue weighted by Gasteiger charge is -2.26. The van der Waals surface area contributed by atoms with Gasteiger partial charge in [-0.05, 0) is 31.5 Å². The van der Waals surface area contributed by atoms with Gasteiger partial charge in [0.2, 0.25) is 5.60 Å². The molecule has 0 aliphatic heterocycles. The highest BCUT2D eigenvalue weighted by molar-refractivity contribution is 6.00. The van der Waals surface area contributed by atoms with Crippen molar-refractivity contribution in [1.29, 1.82) is 5.26 Å². The fraction of sp³-hybridized carbons (Fsp3) is 0.375. The van der Waals surface area contributed by atoms with Crippen molar-refractivity contribution >= 4 is 11.9 Å². The van der Waals surface area contributed by atoms with E-state index in [1.807, 2.05) is 6.07 Å². The predicted octanol–water partition coefficient (Wildman–Crippen LogP) is 1.99. The summed E-state index contributed by atoms with van der Waals surface area (Å²) in [5.74, 6) is 0.0848. The number of carbonyl (C=O) groups is 1. The Bertz CT molecular complexity index is 614. The zero-order chi connectivity index (χ0) is 16.6. The van der Waals surface area contributed by atoms with Crippen molar-refractivity contribution < 1.29 is 23.5 Å². The third-order valence-electron chi connectivity index (χ3n) is 2.92. The molecule has 22 heavy (non-hydrogen) atoms. The average Bonchev–Trinajstić information content (AvgIpc) is 2.50. The number of halogens is 1. The number of rotatable bonds is 7. The van der Waals surface area contributed by atoms with Crippen molar-refractivity contribution in [2.24, 2.45) is 0 Å². The molecule has 0 fully saturated rings. The van der Waals surface area contributed by atoms with Gasteiger partial charge >= 0.3 is 5.97 Å². The predicted molar refractivity (Wildman–Crippen MR) is 75.9 cm³/mol. The summed E-state index contributed by atoms with van der Waals surface area (Å²) in [4.78, 5) is 23.1. The van der Waals surface area contributed by atoms with Crippen molar-refractivity contribution in [3.63, 3.8) is 0 Å². The van der Waals surface area contributed by atoms with Crippen LogP contribution < -0.4 is 0 Å². The Labute approximate surface area is 127 Å². The molecule has 1 rings (SSSR count). The summed E-state index contributed by atoms with van der Waals surface area (Å²) in [6, 6.07) is 7.20. The van der Waals surface area contributed by atoms with Gasteiger partial charge in [-0.3, -0.25) is 0 Å². The number of esters is 1. The number of hydrogen-bond acceptors (Lipinski definition) is 5. The van der Waals surface area contributed by atoms with Crippen LogP contribution in [0, 0.1) is 17.1 Å². The molecule has 116 valence electrons. The smallest absolute Gasteiger partial charge is 0.349 e. The molecule has 0 saturated heterocycles. The van der Waals surface area contributed by atoms with E-state index in [9.17, 15) is 19.2 Å². The highest BCUT2D eigenvalue weighted by atomic mass is 19.1. The molecule has 1 unspecified atom stereocenters. The monoisotopic (exact) mass is 305 g/mol. The first-order valence-corrected chi connectivity index (χ1v) is 6.75. The summed E-state index contributed by atoms with van der Waals surface area (Å²) in [7, 11) is 0. The maximum atomic E-state index is 13.0. The Balaban J connectivity index is 3.24. The van der Waals surface area contributed by atoms with Crippen LogP contribution in [-0.4, -0.2) is 30.7 Å². The van der Waals surface area contributed by atoms with E-state index in [2.05, 4.69) is 0 Å². The van der Waals surface area contributed by atoms with Gasteiger partial charge in [0.1, 0.15) is 17.8 Å². The van der Waals surface area contributed by atoms with E-state index >= 15 is 0 Å². The third kappa shape index (κ3) is 4.01. The summed E-state index contributed by atoms with van der Waals surface area (Å²) >= 11 is 0. The summed E-state index contributed by atoms with van der Waals surface area (Å²) in [5.41, 5.74) is -1.81. The molecule has 0 spiro atoms. The molecule has 0 bridgehead atoms. The molecule has 5 nitrogen and oxygen atoms in total. The lowest BCUT2D eigenvalue weighted by Crippen LogP contribution is -2.40. The Kier molecular flexibility index (Phi) is 6.46. The first-order chi connectivity index (χ1) is 10.5. The summed E-state index contributed by atoms with van der Waals surface area (Å²) in [6.45, 7) is 3.35. The zero-order valence-corrected chi connectivity index (χ0v) is 12.4. The van der Waals surface area contributed by atoms with Gasteiger partial charge in [-0.2, -0.15) is 5.26 Å². The van der Waals surface area contributed by atoms with Crippen LogP contribution in [0.1, 0.15) is 19.4 Å². The van der Waals surface area contributed by atoms with Gasteiger partial charge in [-0.1, -0.05) is 12.1 Å². The SMILES string of the molecule is CCOC(=O)C(=C=O)C(C#N)(Cc1ccc(F)cc1)OCC. The molecule has 0 N–H and O–H groups in total. The number of nitriles is 1. The minimum absolute atomic E-state index is 0.0498. The van der Waals surface area contributed by atoms with Gasteiger partial charge in [-0.25, -0.2) is 14.0 Å². The second-order valence-corrected chi connectivity index (χ2v) is 4.37. The van der Waals surface area contributed by atoms with Crippen LogP contribution >= 0.6 is 0 Å². The fourth-order valence-corrected chi connectivity index (χ4v) is 1.97. The molecule has 1 aromatic rings. The Morgan fingerprint density at radius 3 is 2.36 bits per heavy atom. The van der Waals surface area contributed by atoms with E-state index in [1.54, 1.807) is 13.8 Å². The van der Waals surface area contributed by atoms with E-state index in [-0.39, 0.29) is 19.6 Å². The Morgan fingerprint density at radius 1 is 1.27 bits per heavy atom. The number of ether oxygens (including phenoxy) is 2. The third-order valence-corrected chi connectivity index (χ3v) is 2.92. The van der Waals surface area contributed by atoms with Gasteiger partial charge < -0.3 is 9.47 Å². The molecule has 1 atom stereocenters. The van der Waals surface area contributed by atoms with Crippen LogP contribution in [0.5, 0.6) is 0 Å². The highest BCUT2D eigenvalue weighted by Crippen LogP contribution is 2.26. The van der Waals surface area contributed by atoms with Crippen molar-refractivity contribution in [2.75, 3.05) is 13.2 Å². The lowest BCUT2D eigenvalue weighted by atomic mass is 9.88. The van der Waals surface area contributed by atoms with Crippen LogP contribution in [0.4, 0.5) is 4.39 Å². The molecule has 1 aromatic carbocycles. The fourth-order valence-electron chi connectivity index (χ4n) is 1.97. The second kappa shape index (κ2) is 8.08. The van der Waals surface area contributed by atoms with Gasteiger partial charge in [0, 0.05) is 13.0 Å². The maximum absolute atomic E-state index is 13.0. The van der Waals surface area contributed by atoms with E-state index in [0.29, 0.717) is 5.56 Å². The van der Waals surface area contributed by atoms with E-state index in [1.165, 1.54) is 30.2 Å². The van der Waals surface area contributed by atoms with Crippen molar-refractivity contribution in [3.8, 4) is 6.07 Å². The van der Waals surface area contributed by atoms with Crippen LogP contribution in [-0.2, 0) is 25.5 Å². The van der Waals surface area contributed by atoms with E-state index < -0.39 is 23.0 Å². The largest absolute Gasteiger partial charge is 0.462 e. The standard InChI is InChI=1S/C16H16FNO4/c1-3-21-15(20)14(10-19)16(11-18,22-4-2)9-12-5-7-13(17)8-6-12/h5-8H,3-4,9H2,1-2H3. The molecular formula is C16H16FNO4. The molecular weight excluding hydrogens is 289 g/mol. The van der Waals surface area contributed by atoms with Crippen LogP contribution in [0.2, 0.25) is 0 Å². The van der Waals surface area contributed by atoms with Crippen molar-refractivity contribution in [3.05, 3.63) is 41.2 Å². The lowest BCUT2D eigenvalue weighted by molar-refractivity contribution is -0.140. The number of benzene rings is 1. The van der Waals surface area contributed by atoms with Gasteiger partial charge in [0.25, 0.3) is 0 Å². The Hall–Kier alpha value is -2.48. The minimum atomic E-state index is -1.82. The number of hydrogen-bond donors (Lipinski definition) is 0. The van der Waals surface area contributed by atoms with Gasteiger partial charge in [-0.15, -0.1) is 0 Å². The van der Waals surface area contributed by atoms with Crippen molar-refractivity contribution in [1.82, 2.24) is 0 Å². The van der Waals surface area contributed by atoms with Gasteiger partial charge in [0.05, 0.1) is 6.61 Å². The quantitative estimate of drug-likeness (QED) is 0.437.